The van der Waals surface area contributed by atoms with Gasteiger partial charge in [-0.2, -0.15) is 0 Å². The smallest absolute Gasteiger partial charge is 0.203 e. The second kappa shape index (κ2) is 9.52. The quantitative estimate of drug-likeness (QED) is 0.515. The number of guanidine groups is 1. The summed E-state index contributed by atoms with van der Waals surface area (Å²) < 4.78 is 16.2. The van der Waals surface area contributed by atoms with E-state index < -0.39 is 0 Å². The molecule has 7 nitrogen and oxygen atoms in total. The van der Waals surface area contributed by atoms with E-state index in [1.54, 1.807) is 28.4 Å². The summed E-state index contributed by atoms with van der Waals surface area (Å²) in [6.07, 6.45) is 2.63. The van der Waals surface area contributed by atoms with Gasteiger partial charge in [-0.05, 0) is 44.5 Å². The summed E-state index contributed by atoms with van der Waals surface area (Å²) in [5.74, 6) is 2.66. The van der Waals surface area contributed by atoms with E-state index in [0.29, 0.717) is 29.8 Å². The number of aliphatic imine (C=N–C) groups is 1. The van der Waals surface area contributed by atoms with Gasteiger partial charge in [-0.15, -0.1) is 0 Å². The Bertz CT molecular complexity index is 592. The fraction of sp³-hybridized carbons (Fsp3) is 0.632. The topological polar surface area (TPSA) is 67.4 Å². The Hall–Kier alpha value is -2.15. The third-order valence-electron chi connectivity index (χ3n) is 4.79. The normalized spacial score (nSPS) is 15.6. The zero-order valence-corrected chi connectivity index (χ0v) is 16.8. The first-order chi connectivity index (χ1) is 12.5. The molecule has 1 aromatic carbocycles. The summed E-state index contributed by atoms with van der Waals surface area (Å²) in [6.45, 7) is 3.68. The highest BCUT2D eigenvalue weighted by Crippen LogP contribution is 2.38. The highest BCUT2D eigenvalue weighted by Gasteiger charge is 2.28. The van der Waals surface area contributed by atoms with Crippen LogP contribution in [0.4, 0.5) is 0 Å². The predicted molar refractivity (Wildman–Crippen MR) is 105 cm³/mol. The minimum absolute atomic E-state index is 0.460. The Labute approximate surface area is 156 Å². The van der Waals surface area contributed by atoms with Gasteiger partial charge < -0.3 is 24.8 Å². The molecule has 1 saturated carbocycles. The Balaban J connectivity index is 1.93. The molecule has 0 radical (unpaired) electrons. The van der Waals surface area contributed by atoms with E-state index in [1.165, 1.54) is 12.8 Å². The fourth-order valence-electron chi connectivity index (χ4n) is 2.87. The molecule has 0 amide bonds. The van der Waals surface area contributed by atoms with Gasteiger partial charge in [-0.3, -0.25) is 9.89 Å². The van der Waals surface area contributed by atoms with Gasteiger partial charge in [0.2, 0.25) is 5.75 Å². The van der Waals surface area contributed by atoms with E-state index in [9.17, 15) is 0 Å². The average Bonchev–Trinajstić information content (AvgIpc) is 3.51. The van der Waals surface area contributed by atoms with E-state index >= 15 is 0 Å². The van der Waals surface area contributed by atoms with E-state index in [0.717, 1.165) is 24.1 Å². The number of likely N-dealkylation sites (N-methyl/N-ethyl adjacent to an activating group) is 1. The number of nitrogens with zero attached hydrogens (tertiary/aromatic N) is 2. The van der Waals surface area contributed by atoms with Gasteiger partial charge in [0.05, 0.1) is 21.3 Å². The molecule has 1 unspecified atom stereocenters. The number of benzene rings is 1. The van der Waals surface area contributed by atoms with Crippen molar-refractivity contribution in [2.45, 2.75) is 38.4 Å². The van der Waals surface area contributed by atoms with E-state index in [2.05, 4.69) is 34.5 Å². The lowest BCUT2D eigenvalue weighted by atomic mass is 10.2. The Kier molecular flexibility index (Phi) is 7.38. The fourth-order valence-corrected chi connectivity index (χ4v) is 2.87. The first kappa shape index (κ1) is 20.2. The lowest BCUT2D eigenvalue weighted by Crippen LogP contribution is -2.45. The Morgan fingerprint density at radius 3 is 2.23 bits per heavy atom. The van der Waals surface area contributed by atoms with Crippen molar-refractivity contribution in [2.75, 3.05) is 42.0 Å². The summed E-state index contributed by atoms with van der Waals surface area (Å²) >= 11 is 0. The molecule has 0 aromatic heterocycles. The third-order valence-corrected chi connectivity index (χ3v) is 4.79. The zero-order chi connectivity index (χ0) is 19.1. The maximum atomic E-state index is 5.40. The number of rotatable bonds is 9. The van der Waals surface area contributed by atoms with Crippen LogP contribution in [0.1, 0.15) is 25.3 Å². The van der Waals surface area contributed by atoms with Crippen LogP contribution in [0, 0.1) is 0 Å². The third kappa shape index (κ3) is 5.17. The second-order valence-electron chi connectivity index (χ2n) is 6.59. The standard InChI is InChI=1S/C19H32N4O3/c1-13(23(3)15-7-8-15)11-21-19(20-2)22-12-14-9-16(24-4)18(26-6)17(10-14)25-5/h9-10,13,15H,7-8,11-12H2,1-6H3,(H2,20,21,22). The average molecular weight is 364 g/mol. The lowest BCUT2D eigenvalue weighted by Gasteiger charge is -2.25. The maximum Gasteiger partial charge on any atom is 0.203 e. The van der Waals surface area contributed by atoms with E-state index in [-0.39, 0.29) is 0 Å². The number of nitrogens with one attached hydrogen (secondary N) is 2. The lowest BCUT2D eigenvalue weighted by molar-refractivity contribution is 0.247. The van der Waals surface area contributed by atoms with Gasteiger partial charge in [0.15, 0.2) is 17.5 Å². The van der Waals surface area contributed by atoms with Crippen LogP contribution in [0.15, 0.2) is 17.1 Å². The van der Waals surface area contributed by atoms with Crippen molar-refractivity contribution in [2.24, 2.45) is 4.99 Å². The molecule has 2 rings (SSSR count). The summed E-state index contributed by atoms with van der Waals surface area (Å²) in [5, 5.41) is 6.73. The van der Waals surface area contributed by atoms with Crippen molar-refractivity contribution in [3.63, 3.8) is 0 Å². The summed E-state index contributed by atoms with van der Waals surface area (Å²) in [6, 6.07) is 5.08. The van der Waals surface area contributed by atoms with Crippen molar-refractivity contribution in [3.8, 4) is 17.2 Å². The van der Waals surface area contributed by atoms with Crippen molar-refractivity contribution in [1.82, 2.24) is 15.5 Å². The molecular weight excluding hydrogens is 332 g/mol. The van der Waals surface area contributed by atoms with Gasteiger partial charge in [0.1, 0.15) is 0 Å². The molecule has 146 valence electrons. The van der Waals surface area contributed by atoms with Crippen LogP contribution in [0.25, 0.3) is 0 Å². The molecule has 26 heavy (non-hydrogen) atoms. The molecule has 0 heterocycles. The molecule has 1 atom stereocenters. The van der Waals surface area contributed by atoms with Gasteiger partial charge in [-0.1, -0.05) is 0 Å². The van der Waals surface area contributed by atoms with Crippen molar-refractivity contribution in [1.29, 1.82) is 0 Å². The molecule has 1 aliphatic carbocycles. The maximum absolute atomic E-state index is 5.40. The van der Waals surface area contributed by atoms with Crippen molar-refractivity contribution in [3.05, 3.63) is 17.7 Å². The van der Waals surface area contributed by atoms with Gasteiger partial charge in [0, 0.05) is 32.2 Å². The van der Waals surface area contributed by atoms with Crippen LogP contribution in [0.2, 0.25) is 0 Å². The number of methoxy groups -OCH3 is 3. The van der Waals surface area contributed by atoms with Crippen LogP contribution >= 0.6 is 0 Å². The van der Waals surface area contributed by atoms with Gasteiger partial charge >= 0.3 is 0 Å². The highest BCUT2D eigenvalue weighted by atomic mass is 16.5. The number of hydrogen-bond acceptors (Lipinski definition) is 5. The molecular formula is C19H32N4O3. The summed E-state index contributed by atoms with van der Waals surface area (Å²) in [5.41, 5.74) is 1.02. The van der Waals surface area contributed by atoms with Crippen molar-refractivity contribution >= 4 is 5.96 Å². The highest BCUT2D eigenvalue weighted by molar-refractivity contribution is 5.79. The minimum Gasteiger partial charge on any atom is -0.493 e. The molecule has 0 aliphatic heterocycles. The summed E-state index contributed by atoms with van der Waals surface area (Å²) in [7, 11) is 8.80. The van der Waals surface area contributed by atoms with Crippen LogP contribution in [0.5, 0.6) is 17.2 Å². The first-order valence-corrected chi connectivity index (χ1v) is 8.99. The Morgan fingerprint density at radius 2 is 1.77 bits per heavy atom. The zero-order valence-electron chi connectivity index (χ0n) is 16.8. The molecule has 0 saturated heterocycles. The van der Waals surface area contributed by atoms with Crippen LogP contribution in [-0.4, -0.2) is 64.9 Å². The molecule has 1 aliphatic rings. The van der Waals surface area contributed by atoms with E-state index in [4.69, 9.17) is 14.2 Å². The predicted octanol–water partition coefficient (Wildman–Crippen LogP) is 1.86. The van der Waals surface area contributed by atoms with Crippen LogP contribution in [-0.2, 0) is 6.54 Å². The van der Waals surface area contributed by atoms with Crippen LogP contribution < -0.4 is 24.8 Å². The van der Waals surface area contributed by atoms with Crippen molar-refractivity contribution < 1.29 is 14.2 Å². The van der Waals surface area contributed by atoms with Crippen LogP contribution in [0.3, 0.4) is 0 Å². The number of ether oxygens (including phenoxy) is 3. The number of hydrogen-bond donors (Lipinski definition) is 2. The largest absolute Gasteiger partial charge is 0.493 e. The molecule has 0 spiro atoms. The molecule has 1 aromatic rings. The molecule has 2 N–H and O–H groups in total. The monoisotopic (exact) mass is 364 g/mol. The molecule has 7 heteroatoms. The Morgan fingerprint density at radius 1 is 1.15 bits per heavy atom. The minimum atomic E-state index is 0.460. The second-order valence-corrected chi connectivity index (χ2v) is 6.59. The summed E-state index contributed by atoms with van der Waals surface area (Å²) in [4.78, 5) is 6.73. The molecule has 1 fully saturated rings. The van der Waals surface area contributed by atoms with Gasteiger partial charge in [-0.25, -0.2) is 0 Å². The van der Waals surface area contributed by atoms with Gasteiger partial charge in [0.25, 0.3) is 0 Å². The molecule has 0 bridgehead atoms. The van der Waals surface area contributed by atoms with E-state index in [1.807, 2.05) is 12.1 Å². The first-order valence-electron chi connectivity index (χ1n) is 8.99. The SMILES string of the molecule is CN=C(NCc1cc(OC)c(OC)c(OC)c1)NCC(C)N(C)C1CC1.